The van der Waals surface area contributed by atoms with Crippen LogP contribution in [-0.4, -0.2) is 20.2 Å². The van der Waals surface area contributed by atoms with Crippen LogP contribution in [-0.2, 0) is 16.0 Å². The molecule has 1 heterocycles. The van der Waals surface area contributed by atoms with Crippen molar-refractivity contribution < 1.29 is 4.84 Å². The smallest absolute Gasteiger partial charge is 0.208 e. The van der Waals surface area contributed by atoms with E-state index in [2.05, 4.69) is 15.4 Å². The van der Waals surface area contributed by atoms with Gasteiger partial charge in [0.15, 0.2) is 0 Å². The van der Waals surface area contributed by atoms with Crippen LogP contribution >= 0.6 is 0 Å². The summed E-state index contributed by atoms with van der Waals surface area (Å²) in [6.45, 7) is 9.56. The summed E-state index contributed by atoms with van der Waals surface area (Å²) in [4.78, 5) is 6.32. The van der Waals surface area contributed by atoms with E-state index in [1.165, 1.54) is 0 Å². The van der Waals surface area contributed by atoms with Crippen molar-refractivity contribution in [1.29, 1.82) is 0 Å². The highest BCUT2D eigenvalue weighted by molar-refractivity contribution is 4.93. The van der Waals surface area contributed by atoms with E-state index in [4.69, 9.17) is 10.7 Å². The molecule has 80 valence electrons. The lowest BCUT2D eigenvalue weighted by molar-refractivity contribution is -0.0306. The Morgan fingerprint density at radius 3 is 2.14 bits per heavy atom. The van der Waals surface area contributed by atoms with Gasteiger partial charge in [-0.05, 0) is 39.8 Å². The lowest BCUT2D eigenvalue weighted by atomic mass is 10.1. The van der Waals surface area contributed by atoms with Crippen molar-refractivity contribution >= 4 is 0 Å². The minimum Gasteiger partial charge on any atom is -0.290 e. The molecule has 0 radical (unpaired) electrons. The van der Waals surface area contributed by atoms with E-state index < -0.39 is 5.60 Å². The van der Waals surface area contributed by atoms with E-state index in [0.29, 0.717) is 5.82 Å². The molecule has 1 aromatic rings. The molecule has 0 aliphatic rings. The quantitative estimate of drug-likeness (QED) is 0.704. The average molecular weight is 199 g/mol. The van der Waals surface area contributed by atoms with Gasteiger partial charge in [-0.15, -0.1) is 10.2 Å². The molecular weight excluding hydrogens is 182 g/mol. The van der Waals surface area contributed by atoms with Gasteiger partial charge in [0.05, 0.1) is 5.54 Å². The Bertz CT molecular complexity index is 312. The van der Waals surface area contributed by atoms with E-state index in [9.17, 15) is 0 Å². The topological polar surface area (TPSA) is 78.9 Å². The van der Waals surface area contributed by atoms with Crippen LogP contribution in [0.3, 0.4) is 0 Å². The summed E-state index contributed by atoms with van der Waals surface area (Å²) in [5.41, 5.74) is -0.889. The molecule has 0 bridgehead atoms. The number of hydrogen-bond donors (Lipinski definition) is 1. The highest BCUT2D eigenvalue weighted by atomic mass is 16.6. The molecule has 6 heteroatoms. The second-order valence-corrected chi connectivity index (χ2v) is 4.70. The van der Waals surface area contributed by atoms with E-state index in [1.54, 1.807) is 18.6 Å². The predicted molar refractivity (Wildman–Crippen MR) is 51.1 cm³/mol. The predicted octanol–water partition coefficient (Wildman–Crippen LogP) is 0.553. The lowest BCUT2D eigenvalue weighted by Gasteiger charge is -2.18. The Kier molecular flexibility index (Phi) is 2.60. The number of nitrogens with zero attached hydrogens (tertiary/aromatic N) is 4. The monoisotopic (exact) mass is 199 g/mol. The van der Waals surface area contributed by atoms with Crippen molar-refractivity contribution in [3.05, 3.63) is 5.82 Å². The molecule has 2 N–H and O–H groups in total. The van der Waals surface area contributed by atoms with E-state index in [0.717, 1.165) is 0 Å². The summed E-state index contributed by atoms with van der Waals surface area (Å²) in [6.07, 6.45) is 0. The number of nitrogens with two attached hydrogens (primary N) is 1. The second-order valence-electron chi connectivity index (χ2n) is 4.70. The third-order valence-electron chi connectivity index (χ3n) is 1.85. The molecule has 1 rings (SSSR count). The zero-order valence-corrected chi connectivity index (χ0v) is 9.27. The average Bonchev–Trinajstić information content (AvgIpc) is 2.51. The molecule has 0 saturated carbocycles. The molecule has 0 aromatic carbocycles. The van der Waals surface area contributed by atoms with Crippen LogP contribution in [0.15, 0.2) is 0 Å². The minimum atomic E-state index is -0.705. The molecule has 0 unspecified atom stereocenters. The number of aromatic nitrogens is 4. The van der Waals surface area contributed by atoms with Crippen molar-refractivity contribution in [2.24, 2.45) is 5.90 Å². The van der Waals surface area contributed by atoms with Gasteiger partial charge >= 0.3 is 0 Å². The summed E-state index contributed by atoms with van der Waals surface area (Å²) in [7, 11) is 0. The van der Waals surface area contributed by atoms with Gasteiger partial charge < -0.3 is 0 Å². The Morgan fingerprint density at radius 1 is 1.21 bits per heavy atom. The zero-order chi connectivity index (χ0) is 11.0. The van der Waals surface area contributed by atoms with Gasteiger partial charge in [-0.25, -0.2) is 5.90 Å². The summed E-state index contributed by atoms with van der Waals surface area (Å²) in [6, 6.07) is 0. The summed E-state index contributed by atoms with van der Waals surface area (Å²) in [5.74, 6) is 5.62. The molecule has 0 aliphatic carbocycles. The van der Waals surface area contributed by atoms with Crippen LogP contribution in [0.5, 0.6) is 0 Å². The van der Waals surface area contributed by atoms with Gasteiger partial charge in [0.1, 0.15) is 5.60 Å². The zero-order valence-electron chi connectivity index (χ0n) is 9.27. The molecule has 0 spiro atoms. The van der Waals surface area contributed by atoms with E-state index >= 15 is 0 Å². The van der Waals surface area contributed by atoms with Crippen molar-refractivity contribution in [2.75, 3.05) is 0 Å². The molecule has 0 fully saturated rings. The van der Waals surface area contributed by atoms with Gasteiger partial charge in [0.2, 0.25) is 5.82 Å². The van der Waals surface area contributed by atoms with Crippen LogP contribution < -0.4 is 5.90 Å². The highest BCUT2D eigenvalue weighted by Crippen LogP contribution is 2.19. The Balaban J connectivity index is 3.00. The van der Waals surface area contributed by atoms with Crippen LogP contribution in [0.2, 0.25) is 0 Å². The second kappa shape index (κ2) is 3.29. The Hall–Kier alpha value is -1.01. The first-order valence-corrected chi connectivity index (χ1v) is 4.46. The van der Waals surface area contributed by atoms with Gasteiger partial charge in [0, 0.05) is 0 Å². The van der Waals surface area contributed by atoms with Crippen LogP contribution in [0, 0.1) is 0 Å². The first kappa shape index (κ1) is 11.1. The fourth-order valence-electron chi connectivity index (χ4n) is 0.792. The normalized spacial score (nSPS) is 13.3. The van der Waals surface area contributed by atoms with Crippen molar-refractivity contribution in [2.45, 2.75) is 45.8 Å². The first-order valence-electron chi connectivity index (χ1n) is 4.46. The molecule has 14 heavy (non-hydrogen) atoms. The maximum atomic E-state index is 5.14. The standard InChI is InChI=1S/C8H17N5O/c1-7(2,3)13-11-6(10-12-13)8(4,5)14-9/h9H2,1-5H3. The first-order chi connectivity index (χ1) is 6.27. The molecule has 1 aromatic heterocycles. The molecular formula is C8H17N5O. The Labute approximate surface area is 83.4 Å². The van der Waals surface area contributed by atoms with Gasteiger partial charge in [0.25, 0.3) is 0 Å². The highest BCUT2D eigenvalue weighted by Gasteiger charge is 2.28. The number of tetrazole rings is 1. The van der Waals surface area contributed by atoms with E-state index in [1.807, 2.05) is 20.8 Å². The van der Waals surface area contributed by atoms with Crippen molar-refractivity contribution in [3.63, 3.8) is 0 Å². The minimum absolute atomic E-state index is 0.185. The van der Waals surface area contributed by atoms with Crippen LogP contribution in [0.1, 0.15) is 40.4 Å². The third kappa shape index (κ3) is 2.08. The summed E-state index contributed by atoms with van der Waals surface area (Å²) < 4.78 is 0. The van der Waals surface area contributed by atoms with Crippen molar-refractivity contribution in [3.8, 4) is 0 Å². The fraction of sp³-hybridized carbons (Fsp3) is 0.875. The third-order valence-corrected chi connectivity index (χ3v) is 1.85. The molecule has 0 aliphatic heterocycles. The largest absolute Gasteiger partial charge is 0.290 e. The summed E-state index contributed by atoms with van der Waals surface area (Å²) >= 11 is 0. The number of hydrogen-bond acceptors (Lipinski definition) is 5. The van der Waals surface area contributed by atoms with Crippen LogP contribution in [0.25, 0.3) is 0 Å². The van der Waals surface area contributed by atoms with Gasteiger partial charge in [-0.3, -0.25) is 4.84 Å². The molecule has 0 amide bonds. The molecule has 0 atom stereocenters. The molecule has 0 saturated heterocycles. The summed E-state index contributed by atoms with van der Waals surface area (Å²) in [5, 5.41) is 12.1. The maximum absolute atomic E-state index is 5.14. The SMILES string of the molecule is CC(C)(ON)c1nnn(C(C)(C)C)n1. The van der Waals surface area contributed by atoms with Crippen LogP contribution in [0.4, 0.5) is 0 Å². The molecule has 6 nitrogen and oxygen atoms in total. The van der Waals surface area contributed by atoms with Crippen molar-refractivity contribution in [1.82, 2.24) is 20.2 Å². The van der Waals surface area contributed by atoms with Gasteiger partial charge in [-0.1, -0.05) is 0 Å². The fourth-order valence-corrected chi connectivity index (χ4v) is 0.792. The maximum Gasteiger partial charge on any atom is 0.208 e. The van der Waals surface area contributed by atoms with Gasteiger partial charge in [-0.2, -0.15) is 4.80 Å². The lowest BCUT2D eigenvalue weighted by Crippen LogP contribution is -2.29. The Morgan fingerprint density at radius 2 is 1.79 bits per heavy atom. The number of rotatable bonds is 2. The van der Waals surface area contributed by atoms with E-state index in [-0.39, 0.29) is 5.54 Å².